The van der Waals surface area contributed by atoms with E-state index in [4.69, 9.17) is 0 Å². The highest BCUT2D eigenvalue weighted by Crippen LogP contribution is 2.22. The first kappa shape index (κ1) is 12.2. The van der Waals surface area contributed by atoms with Crippen LogP contribution in [0, 0.1) is 0 Å². The lowest BCUT2D eigenvalue weighted by atomic mass is 10.4. The first-order valence-corrected chi connectivity index (χ1v) is 7.70. The van der Waals surface area contributed by atoms with Gasteiger partial charge < -0.3 is 5.32 Å². The molecule has 0 aliphatic carbocycles. The van der Waals surface area contributed by atoms with Gasteiger partial charge in [0.25, 0.3) is 0 Å². The Morgan fingerprint density at radius 2 is 2.25 bits per heavy atom. The predicted molar refractivity (Wildman–Crippen MR) is 74.1 cm³/mol. The van der Waals surface area contributed by atoms with Crippen LogP contribution in [-0.2, 0) is 19.5 Å². The summed E-state index contributed by atoms with van der Waals surface area (Å²) in [6.07, 6.45) is 1.03. The van der Waals surface area contributed by atoms with Crippen molar-refractivity contribution < 1.29 is 0 Å². The molecule has 0 unspecified atom stereocenters. The molecule has 0 aromatic carbocycles. The molecule has 0 aliphatic heterocycles. The maximum absolute atomic E-state index is 4.52. The fourth-order valence-corrected chi connectivity index (χ4v) is 3.55. The summed E-state index contributed by atoms with van der Waals surface area (Å²) in [5, 5.41) is 8.85. The van der Waals surface area contributed by atoms with Gasteiger partial charge in [0.15, 0.2) is 0 Å². The van der Waals surface area contributed by atoms with Crippen molar-refractivity contribution >= 4 is 38.6 Å². The van der Waals surface area contributed by atoms with Crippen LogP contribution in [0.15, 0.2) is 21.3 Å². The zero-order valence-corrected chi connectivity index (χ0v) is 12.2. The minimum absolute atomic E-state index is 0.848. The number of thiophene rings is 1. The zero-order valence-electron chi connectivity index (χ0n) is 9.00. The molecule has 2 aromatic rings. The van der Waals surface area contributed by atoms with Gasteiger partial charge in [-0.3, -0.25) is 0 Å². The molecule has 86 valence electrons. The molecule has 2 rings (SSSR count). The van der Waals surface area contributed by atoms with Crippen LogP contribution in [0.3, 0.4) is 0 Å². The number of hydrogen-bond donors (Lipinski definition) is 1. The Balaban J connectivity index is 1.82. The second-order valence-corrected chi connectivity index (χ2v) is 6.18. The Morgan fingerprint density at radius 1 is 1.38 bits per heavy atom. The molecular formula is C11H13BrN2S2. The summed E-state index contributed by atoms with van der Waals surface area (Å²) in [6, 6.07) is 2.08. The van der Waals surface area contributed by atoms with Crippen LogP contribution < -0.4 is 5.32 Å². The molecule has 2 heterocycles. The molecule has 1 N–H and O–H groups in total. The van der Waals surface area contributed by atoms with Gasteiger partial charge in [-0.05, 0) is 33.8 Å². The third-order valence-electron chi connectivity index (χ3n) is 2.18. The molecule has 0 bridgehead atoms. The fraction of sp³-hybridized carbons (Fsp3) is 0.364. The van der Waals surface area contributed by atoms with Gasteiger partial charge in [0.05, 0.1) is 10.7 Å². The highest BCUT2D eigenvalue weighted by molar-refractivity contribution is 9.10. The van der Waals surface area contributed by atoms with E-state index in [9.17, 15) is 0 Å². The van der Waals surface area contributed by atoms with Crippen molar-refractivity contribution in [1.82, 2.24) is 10.3 Å². The summed E-state index contributed by atoms with van der Waals surface area (Å²) >= 11 is 7.03. The maximum atomic E-state index is 4.52. The van der Waals surface area contributed by atoms with E-state index in [0.29, 0.717) is 0 Å². The molecular weight excluding hydrogens is 304 g/mol. The van der Waals surface area contributed by atoms with Crippen LogP contribution in [0.2, 0.25) is 0 Å². The Hall–Kier alpha value is -0.230. The maximum Gasteiger partial charge on any atom is 0.0926 e. The first-order chi connectivity index (χ1) is 7.79. The van der Waals surface area contributed by atoms with Gasteiger partial charge >= 0.3 is 0 Å². The SMILES string of the molecule is CCc1nc(CNCc2sccc2Br)cs1. The quantitative estimate of drug-likeness (QED) is 0.907. The van der Waals surface area contributed by atoms with E-state index in [1.807, 2.05) is 0 Å². The number of rotatable bonds is 5. The number of hydrogen-bond acceptors (Lipinski definition) is 4. The van der Waals surface area contributed by atoms with Gasteiger partial charge in [0.1, 0.15) is 0 Å². The van der Waals surface area contributed by atoms with Crippen molar-refractivity contribution in [1.29, 1.82) is 0 Å². The summed E-state index contributed by atoms with van der Waals surface area (Å²) < 4.78 is 1.19. The standard InChI is InChI=1S/C11H13BrN2S2/c1-2-11-14-8(7-16-11)5-13-6-10-9(12)3-4-15-10/h3-4,7,13H,2,5-6H2,1H3. The molecule has 2 aromatic heterocycles. The van der Waals surface area contributed by atoms with Gasteiger partial charge in [-0.25, -0.2) is 4.98 Å². The van der Waals surface area contributed by atoms with Crippen molar-refractivity contribution in [3.8, 4) is 0 Å². The molecule has 0 spiro atoms. The van der Waals surface area contributed by atoms with E-state index in [-0.39, 0.29) is 0 Å². The largest absolute Gasteiger partial charge is 0.306 e. The second kappa shape index (κ2) is 5.91. The van der Waals surface area contributed by atoms with Crippen molar-refractivity contribution in [3.05, 3.63) is 36.9 Å². The molecule has 0 aliphatic rings. The van der Waals surface area contributed by atoms with E-state index >= 15 is 0 Å². The Morgan fingerprint density at radius 3 is 2.88 bits per heavy atom. The predicted octanol–water partition coefficient (Wildman–Crippen LogP) is 3.82. The van der Waals surface area contributed by atoms with Crippen LogP contribution in [0.5, 0.6) is 0 Å². The van der Waals surface area contributed by atoms with Crippen molar-refractivity contribution in [2.75, 3.05) is 0 Å². The second-order valence-electron chi connectivity index (χ2n) is 3.38. The summed E-state index contributed by atoms with van der Waals surface area (Å²) in [4.78, 5) is 5.86. The van der Waals surface area contributed by atoms with E-state index < -0.39 is 0 Å². The number of aryl methyl sites for hydroxylation is 1. The van der Waals surface area contributed by atoms with Gasteiger partial charge in [0.2, 0.25) is 0 Å². The Kier molecular flexibility index (Phi) is 4.52. The van der Waals surface area contributed by atoms with Gasteiger partial charge in [-0.2, -0.15) is 0 Å². The van der Waals surface area contributed by atoms with Crippen molar-refractivity contribution in [2.45, 2.75) is 26.4 Å². The molecule has 0 saturated heterocycles. The molecule has 0 radical (unpaired) electrons. The topological polar surface area (TPSA) is 24.9 Å². The lowest BCUT2D eigenvalue weighted by Crippen LogP contribution is -2.12. The van der Waals surface area contributed by atoms with Gasteiger partial charge in [0, 0.05) is 27.8 Å². The van der Waals surface area contributed by atoms with Gasteiger partial charge in [-0.1, -0.05) is 6.92 Å². The minimum atomic E-state index is 0.848. The normalized spacial score (nSPS) is 10.9. The highest BCUT2D eigenvalue weighted by atomic mass is 79.9. The third-order valence-corrected chi connectivity index (χ3v) is 5.15. The molecule has 0 amide bonds. The lowest BCUT2D eigenvalue weighted by molar-refractivity contribution is 0.686. The lowest BCUT2D eigenvalue weighted by Gasteiger charge is -2.00. The Labute approximate surface area is 112 Å². The monoisotopic (exact) mass is 316 g/mol. The molecule has 2 nitrogen and oxygen atoms in total. The smallest absolute Gasteiger partial charge is 0.0926 e. The van der Waals surface area contributed by atoms with Crippen LogP contribution >= 0.6 is 38.6 Å². The number of thiazole rings is 1. The van der Waals surface area contributed by atoms with Crippen LogP contribution in [0.25, 0.3) is 0 Å². The van der Waals surface area contributed by atoms with Crippen molar-refractivity contribution in [3.63, 3.8) is 0 Å². The fourth-order valence-electron chi connectivity index (χ4n) is 1.35. The average Bonchev–Trinajstić information content (AvgIpc) is 2.89. The number of nitrogens with one attached hydrogen (secondary N) is 1. The summed E-state index contributed by atoms with van der Waals surface area (Å²) in [5.74, 6) is 0. The molecule has 16 heavy (non-hydrogen) atoms. The Bertz CT molecular complexity index is 450. The van der Waals surface area contributed by atoms with E-state index in [1.54, 1.807) is 22.7 Å². The number of halogens is 1. The van der Waals surface area contributed by atoms with E-state index in [2.05, 4.69) is 50.0 Å². The minimum Gasteiger partial charge on any atom is -0.306 e. The van der Waals surface area contributed by atoms with Crippen LogP contribution in [0.4, 0.5) is 0 Å². The molecule has 0 atom stereocenters. The molecule has 0 saturated carbocycles. The summed E-state index contributed by atoms with van der Waals surface area (Å²) in [5.41, 5.74) is 1.15. The van der Waals surface area contributed by atoms with E-state index in [0.717, 1.165) is 25.2 Å². The van der Waals surface area contributed by atoms with Crippen molar-refractivity contribution in [2.24, 2.45) is 0 Å². The summed E-state index contributed by atoms with van der Waals surface area (Å²) in [6.45, 7) is 3.89. The average molecular weight is 317 g/mol. The number of nitrogens with zero attached hydrogens (tertiary/aromatic N) is 1. The van der Waals surface area contributed by atoms with Crippen LogP contribution in [-0.4, -0.2) is 4.98 Å². The molecule has 5 heteroatoms. The number of aromatic nitrogens is 1. The van der Waals surface area contributed by atoms with Gasteiger partial charge in [-0.15, -0.1) is 22.7 Å². The van der Waals surface area contributed by atoms with E-state index in [1.165, 1.54) is 14.4 Å². The third kappa shape index (κ3) is 3.13. The summed E-state index contributed by atoms with van der Waals surface area (Å²) in [7, 11) is 0. The molecule has 0 fully saturated rings. The highest BCUT2D eigenvalue weighted by Gasteiger charge is 2.02. The van der Waals surface area contributed by atoms with Crippen LogP contribution in [0.1, 0.15) is 22.5 Å². The first-order valence-electron chi connectivity index (χ1n) is 5.15. The zero-order chi connectivity index (χ0) is 11.4.